The van der Waals surface area contributed by atoms with Crippen LogP contribution in [0.15, 0.2) is 53.4 Å². The van der Waals surface area contributed by atoms with Crippen LogP contribution in [0.3, 0.4) is 0 Å². The molecular formula is C20H24N2O4S. The number of nitrogens with zero attached hydrogens (tertiary/aromatic N) is 1. The third-order valence-electron chi connectivity index (χ3n) is 4.01. The number of sulfone groups is 1. The summed E-state index contributed by atoms with van der Waals surface area (Å²) in [6.45, 7) is 5.43. The number of rotatable bonds is 4. The SMILES string of the molecule is CN(C(=O)c1cccc(NC(=O)C(C)(C)C)c1)c1ccc(S(C)(=O)=O)cc1. The first-order chi connectivity index (χ1) is 12.4. The number of hydrogen-bond donors (Lipinski definition) is 1. The van der Waals surface area contributed by atoms with Crippen molar-refractivity contribution in [2.24, 2.45) is 5.41 Å². The highest BCUT2D eigenvalue weighted by molar-refractivity contribution is 7.90. The third kappa shape index (κ3) is 5.17. The van der Waals surface area contributed by atoms with E-state index in [0.717, 1.165) is 6.26 Å². The second kappa shape index (κ2) is 7.52. The van der Waals surface area contributed by atoms with Crippen LogP contribution in [0.4, 0.5) is 11.4 Å². The van der Waals surface area contributed by atoms with Gasteiger partial charge in [-0.3, -0.25) is 9.59 Å². The summed E-state index contributed by atoms with van der Waals surface area (Å²) in [5.74, 6) is -0.411. The van der Waals surface area contributed by atoms with E-state index in [1.807, 2.05) is 20.8 Å². The van der Waals surface area contributed by atoms with Gasteiger partial charge in [0.1, 0.15) is 0 Å². The van der Waals surface area contributed by atoms with E-state index in [0.29, 0.717) is 16.9 Å². The van der Waals surface area contributed by atoms with Gasteiger partial charge in [-0.15, -0.1) is 0 Å². The van der Waals surface area contributed by atoms with Crippen molar-refractivity contribution in [3.05, 3.63) is 54.1 Å². The third-order valence-corrected chi connectivity index (χ3v) is 5.13. The van der Waals surface area contributed by atoms with Crippen LogP contribution in [0.25, 0.3) is 0 Å². The van der Waals surface area contributed by atoms with Crippen LogP contribution in [-0.4, -0.2) is 33.5 Å². The van der Waals surface area contributed by atoms with Gasteiger partial charge in [0.2, 0.25) is 5.91 Å². The molecule has 144 valence electrons. The molecule has 0 aliphatic carbocycles. The number of carbonyl (C=O) groups is 2. The minimum absolute atomic E-state index is 0.142. The van der Waals surface area contributed by atoms with E-state index in [-0.39, 0.29) is 16.7 Å². The van der Waals surface area contributed by atoms with E-state index in [4.69, 9.17) is 0 Å². The summed E-state index contributed by atoms with van der Waals surface area (Å²) >= 11 is 0. The van der Waals surface area contributed by atoms with Crippen LogP contribution in [0.1, 0.15) is 31.1 Å². The highest BCUT2D eigenvalue weighted by Crippen LogP contribution is 2.21. The van der Waals surface area contributed by atoms with Gasteiger partial charge in [0.05, 0.1) is 4.90 Å². The largest absolute Gasteiger partial charge is 0.326 e. The Morgan fingerprint density at radius 1 is 1.00 bits per heavy atom. The second-order valence-corrected chi connectivity index (χ2v) is 9.43. The molecule has 0 atom stereocenters. The zero-order valence-corrected chi connectivity index (χ0v) is 16.9. The van der Waals surface area contributed by atoms with E-state index in [1.54, 1.807) is 43.4 Å². The van der Waals surface area contributed by atoms with Crippen LogP contribution < -0.4 is 10.2 Å². The average Bonchev–Trinajstić information content (AvgIpc) is 2.59. The maximum atomic E-state index is 12.8. The molecule has 0 saturated heterocycles. The molecule has 1 N–H and O–H groups in total. The van der Waals surface area contributed by atoms with Crippen LogP contribution in [0, 0.1) is 5.41 Å². The van der Waals surface area contributed by atoms with Gasteiger partial charge in [0.25, 0.3) is 5.91 Å². The molecule has 0 bridgehead atoms. The Kier molecular flexibility index (Phi) is 5.75. The Balaban J connectivity index is 2.22. The molecule has 0 heterocycles. The first kappa shape index (κ1) is 20.6. The molecule has 6 nitrogen and oxygen atoms in total. The molecule has 2 rings (SSSR count). The van der Waals surface area contributed by atoms with Crippen LogP contribution in [0.2, 0.25) is 0 Å². The smallest absolute Gasteiger partial charge is 0.258 e. The van der Waals surface area contributed by atoms with E-state index >= 15 is 0 Å². The summed E-state index contributed by atoms with van der Waals surface area (Å²) in [6, 6.07) is 12.8. The standard InChI is InChI=1S/C20H24N2O4S/c1-20(2,3)19(24)21-15-8-6-7-14(13-15)18(23)22(4)16-9-11-17(12-10-16)27(5,25)26/h6-13H,1-5H3,(H,21,24). The number of benzene rings is 2. The molecular weight excluding hydrogens is 364 g/mol. The Labute approximate surface area is 160 Å². The van der Waals surface area contributed by atoms with Crippen molar-refractivity contribution in [1.82, 2.24) is 0 Å². The number of carbonyl (C=O) groups excluding carboxylic acids is 2. The normalized spacial score (nSPS) is 11.7. The van der Waals surface area contributed by atoms with Crippen molar-refractivity contribution in [3.63, 3.8) is 0 Å². The van der Waals surface area contributed by atoms with Crippen molar-refractivity contribution in [3.8, 4) is 0 Å². The lowest BCUT2D eigenvalue weighted by molar-refractivity contribution is -0.123. The van der Waals surface area contributed by atoms with Crippen molar-refractivity contribution in [2.45, 2.75) is 25.7 Å². The van der Waals surface area contributed by atoms with Crippen molar-refractivity contribution in [2.75, 3.05) is 23.5 Å². The first-order valence-electron chi connectivity index (χ1n) is 8.39. The molecule has 0 aromatic heterocycles. The Hall–Kier alpha value is -2.67. The zero-order valence-electron chi connectivity index (χ0n) is 16.1. The maximum Gasteiger partial charge on any atom is 0.258 e. The summed E-state index contributed by atoms with van der Waals surface area (Å²) in [6.07, 6.45) is 1.13. The Bertz CT molecular complexity index is 958. The van der Waals surface area contributed by atoms with Gasteiger partial charge >= 0.3 is 0 Å². The van der Waals surface area contributed by atoms with Crippen LogP contribution in [-0.2, 0) is 14.6 Å². The predicted molar refractivity (Wildman–Crippen MR) is 107 cm³/mol. The van der Waals surface area contributed by atoms with E-state index in [1.165, 1.54) is 17.0 Å². The maximum absolute atomic E-state index is 12.8. The summed E-state index contributed by atoms with van der Waals surface area (Å²) < 4.78 is 23.1. The zero-order chi connectivity index (χ0) is 20.4. The minimum Gasteiger partial charge on any atom is -0.326 e. The number of anilines is 2. The highest BCUT2D eigenvalue weighted by Gasteiger charge is 2.22. The van der Waals surface area contributed by atoms with Gasteiger partial charge in [-0.1, -0.05) is 26.8 Å². The molecule has 2 aromatic carbocycles. The van der Waals surface area contributed by atoms with Gasteiger partial charge in [-0.2, -0.15) is 0 Å². The second-order valence-electron chi connectivity index (χ2n) is 7.42. The lowest BCUT2D eigenvalue weighted by Crippen LogP contribution is -2.28. The number of nitrogens with one attached hydrogen (secondary N) is 1. The molecule has 0 unspecified atom stereocenters. The fraction of sp³-hybridized carbons (Fsp3) is 0.300. The molecule has 2 amide bonds. The van der Waals surface area contributed by atoms with Crippen LogP contribution in [0.5, 0.6) is 0 Å². The molecule has 7 heteroatoms. The first-order valence-corrected chi connectivity index (χ1v) is 10.3. The van der Waals surface area contributed by atoms with Crippen molar-refractivity contribution >= 4 is 33.0 Å². The van der Waals surface area contributed by atoms with E-state index in [2.05, 4.69) is 5.32 Å². The van der Waals surface area contributed by atoms with Gasteiger partial charge in [-0.05, 0) is 42.5 Å². The van der Waals surface area contributed by atoms with Crippen LogP contribution >= 0.6 is 0 Å². The highest BCUT2D eigenvalue weighted by atomic mass is 32.2. The molecule has 27 heavy (non-hydrogen) atoms. The van der Waals surface area contributed by atoms with Crippen molar-refractivity contribution in [1.29, 1.82) is 0 Å². The lowest BCUT2D eigenvalue weighted by Gasteiger charge is -2.20. The summed E-state index contributed by atoms with van der Waals surface area (Å²) in [5.41, 5.74) is 0.979. The van der Waals surface area contributed by atoms with E-state index < -0.39 is 15.3 Å². The summed E-state index contributed by atoms with van der Waals surface area (Å²) in [4.78, 5) is 26.5. The summed E-state index contributed by atoms with van der Waals surface area (Å²) in [5, 5.41) is 2.80. The Morgan fingerprint density at radius 2 is 1.59 bits per heavy atom. The number of amides is 2. The number of hydrogen-bond acceptors (Lipinski definition) is 4. The lowest BCUT2D eigenvalue weighted by atomic mass is 9.95. The minimum atomic E-state index is -3.29. The molecule has 0 aliphatic heterocycles. The van der Waals surface area contributed by atoms with E-state index in [9.17, 15) is 18.0 Å². The molecule has 0 radical (unpaired) electrons. The monoisotopic (exact) mass is 388 g/mol. The Morgan fingerprint density at radius 3 is 2.11 bits per heavy atom. The molecule has 0 saturated carbocycles. The predicted octanol–water partition coefficient (Wildman–Crippen LogP) is 3.35. The summed E-state index contributed by atoms with van der Waals surface area (Å²) in [7, 11) is -1.68. The van der Waals surface area contributed by atoms with Gasteiger partial charge in [0.15, 0.2) is 9.84 Å². The van der Waals surface area contributed by atoms with Crippen molar-refractivity contribution < 1.29 is 18.0 Å². The van der Waals surface area contributed by atoms with Gasteiger partial charge < -0.3 is 10.2 Å². The molecule has 2 aromatic rings. The van der Waals surface area contributed by atoms with Gasteiger partial charge in [-0.25, -0.2) is 8.42 Å². The molecule has 0 spiro atoms. The average molecular weight is 388 g/mol. The quantitative estimate of drug-likeness (QED) is 0.871. The fourth-order valence-electron chi connectivity index (χ4n) is 2.28. The molecule has 0 fully saturated rings. The molecule has 0 aliphatic rings. The van der Waals surface area contributed by atoms with Gasteiger partial charge in [0, 0.05) is 35.7 Å². The fourth-order valence-corrected chi connectivity index (χ4v) is 2.91. The topological polar surface area (TPSA) is 83.6 Å².